The van der Waals surface area contributed by atoms with E-state index in [1.54, 1.807) is 0 Å². The number of hydrogen-bond donors (Lipinski definition) is 2. The molecule has 1 unspecified atom stereocenters. The molecule has 0 bridgehead atoms. The Morgan fingerprint density at radius 3 is 2.23 bits per heavy atom. The third-order valence-corrected chi connectivity index (χ3v) is 4.61. The summed E-state index contributed by atoms with van der Waals surface area (Å²) in [5, 5.41) is 12.5. The van der Waals surface area contributed by atoms with Gasteiger partial charge in [-0.25, -0.2) is 0 Å². The summed E-state index contributed by atoms with van der Waals surface area (Å²) in [4.78, 5) is 4.23. The molecule has 2 heterocycles. The third-order valence-electron chi connectivity index (χ3n) is 4.61. The summed E-state index contributed by atoms with van der Waals surface area (Å²) >= 11 is 0. The van der Waals surface area contributed by atoms with Crippen LogP contribution in [0.3, 0.4) is 0 Å². The average Bonchev–Trinajstić information content (AvgIpc) is 2.59. The predicted molar refractivity (Wildman–Crippen MR) is 82.3 cm³/mol. The van der Waals surface area contributed by atoms with E-state index in [9.17, 15) is 31.4 Å². The zero-order valence-corrected chi connectivity index (χ0v) is 13.5. The standard InChI is InChI=1S/C17H16F6N2O/c18-16(19,20)15(26,17(21,22)23)11-9-14(13-7-3-4-8-24-13)25-12-6-2-1-5-10(11)12/h1-2,5-6,9,13,24,26H,3-4,7-8H2. The van der Waals surface area contributed by atoms with Gasteiger partial charge in [0.25, 0.3) is 5.60 Å². The Labute approximate surface area is 145 Å². The fraction of sp³-hybridized carbons (Fsp3) is 0.471. The molecule has 1 aromatic carbocycles. The average molecular weight is 378 g/mol. The van der Waals surface area contributed by atoms with Crippen molar-refractivity contribution in [2.24, 2.45) is 0 Å². The Hall–Kier alpha value is -1.87. The number of benzene rings is 1. The monoisotopic (exact) mass is 378 g/mol. The van der Waals surface area contributed by atoms with Gasteiger partial charge in [0, 0.05) is 17.0 Å². The summed E-state index contributed by atoms with van der Waals surface area (Å²) in [6.07, 6.45) is -9.68. The van der Waals surface area contributed by atoms with Crippen LogP contribution in [0.1, 0.15) is 36.6 Å². The lowest BCUT2D eigenvalue weighted by atomic mass is 9.87. The molecule has 3 nitrogen and oxygen atoms in total. The smallest absolute Gasteiger partial charge is 0.369 e. The highest BCUT2D eigenvalue weighted by Gasteiger charge is 2.72. The van der Waals surface area contributed by atoms with Gasteiger partial charge in [-0.1, -0.05) is 24.6 Å². The minimum Gasteiger partial charge on any atom is -0.369 e. The lowest BCUT2D eigenvalue weighted by Gasteiger charge is -2.34. The molecular weight excluding hydrogens is 362 g/mol. The van der Waals surface area contributed by atoms with Gasteiger partial charge in [-0.05, 0) is 31.5 Å². The zero-order valence-electron chi connectivity index (χ0n) is 13.5. The highest BCUT2D eigenvalue weighted by atomic mass is 19.4. The summed E-state index contributed by atoms with van der Waals surface area (Å²) in [5.41, 5.74) is -6.19. The molecule has 0 radical (unpaired) electrons. The number of aromatic nitrogens is 1. The largest absolute Gasteiger partial charge is 0.430 e. The molecule has 1 saturated heterocycles. The first-order chi connectivity index (χ1) is 12.1. The van der Waals surface area contributed by atoms with Crippen LogP contribution in [0.4, 0.5) is 26.3 Å². The zero-order chi connectivity index (χ0) is 19.2. The van der Waals surface area contributed by atoms with Crippen molar-refractivity contribution in [3.8, 4) is 0 Å². The van der Waals surface area contributed by atoms with Gasteiger partial charge in [-0.2, -0.15) is 26.3 Å². The normalized spacial score (nSPS) is 19.7. The minimum atomic E-state index is -5.94. The summed E-state index contributed by atoms with van der Waals surface area (Å²) < 4.78 is 80.3. The van der Waals surface area contributed by atoms with Gasteiger partial charge in [0.15, 0.2) is 0 Å². The second-order valence-electron chi connectivity index (χ2n) is 6.32. The van der Waals surface area contributed by atoms with Crippen molar-refractivity contribution >= 4 is 10.9 Å². The second-order valence-corrected chi connectivity index (χ2v) is 6.32. The van der Waals surface area contributed by atoms with Gasteiger partial charge in [-0.3, -0.25) is 4.98 Å². The van der Waals surface area contributed by atoms with Crippen LogP contribution in [-0.4, -0.2) is 29.0 Å². The topological polar surface area (TPSA) is 45.1 Å². The maximum absolute atomic E-state index is 13.4. The highest BCUT2D eigenvalue weighted by Crippen LogP contribution is 2.51. The number of rotatable bonds is 2. The molecule has 0 aliphatic carbocycles. The molecule has 26 heavy (non-hydrogen) atoms. The van der Waals surface area contributed by atoms with E-state index in [0.29, 0.717) is 13.0 Å². The second kappa shape index (κ2) is 6.38. The number of pyridine rings is 1. The Balaban J connectivity index is 2.29. The van der Waals surface area contributed by atoms with Crippen LogP contribution in [0, 0.1) is 0 Å². The van der Waals surface area contributed by atoms with E-state index >= 15 is 0 Å². The molecule has 0 amide bonds. The number of nitrogens with one attached hydrogen (secondary N) is 1. The molecule has 1 fully saturated rings. The first-order valence-electron chi connectivity index (χ1n) is 8.05. The lowest BCUT2D eigenvalue weighted by Crippen LogP contribution is -2.54. The summed E-state index contributed by atoms with van der Waals surface area (Å²) in [6, 6.07) is 5.47. The maximum Gasteiger partial charge on any atom is 0.430 e. The van der Waals surface area contributed by atoms with Crippen molar-refractivity contribution in [2.45, 2.75) is 43.3 Å². The molecule has 0 saturated carbocycles. The Morgan fingerprint density at radius 1 is 1.00 bits per heavy atom. The first-order valence-corrected chi connectivity index (χ1v) is 8.05. The predicted octanol–water partition coefficient (Wildman–Crippen LogP) is 4.36. The van der Waals surface area contributed by atoms with E-state index in [1.165, 1.54) is 18.2 Å². The number of para-hydroxylation sites is 1. The van der Waals surface area contributed by atoms with Crippen molar-refractivity contribution in [1.29, 1.82) is 0 Å². The van der Waals surface area contributed by atoms with Gasteiger partial charge in [0.1, 0.15) is 0 Å². The van der Waals surface area contributed by atoms with E-state index in [0.717, 1.165) is 25.0 Å². The Kier molecular flexibility index (Phi) is 4.64. The summed E-state index contributed by atoms with van der Waals surface area (Å²) in [7, 11) is 0. The van der Waals surface area contributed by atoms with Crippen molar-refractivity contribution in [2.75, 3.05) is 6.54 Å². The van der Waals surface area contributed by atoms with Crippen molar-refractivity contribution in [3.05, 3.63) is 41.6 Å². The molecule has 1 aliphatic heterocycles. The van der Waals surface area contributed by atoms with Crippen molar-refractivity contribution in [1.82, 2.24) is 10.3 Å². The Morgan fingerprint density at radius 2 is 1.65 bits per heavy atom. The van der Waals surface area contributed by atoms with Crippen molar-refractivity contribution in [3.63, 3.8) is 0 Å². The number of fused-ring (bicyclic) bond motifs is 1. The van der Waals surface area contributed by atoms with Crippen LogP contribution in [0.25, 0.3) is 10.9 Å². The van der Waals surface area contributed by atoms with Crippen LogP contribution in [0.5, 0.6) is 0 Å². The van der Waals surface area contributed by atoms with E-state index in [-0.39, 0.29) is 16.6 Å². The van der Waals surface area contributed by atoms with Crippen LogP contribution < -0.4 is 5.32 Å². The van der Waals surface area contributed by atoms with Crippen LogP contribution in [0.15, 0.2) is 30.3 Å². The SMILES string of the molecule is OC(c1cc(C2CCCCN2)nc2ccccc12)(C(F)(F)F)C(F)(F)F. The molecular formula is C17H16F6N2O. The molecule has 9 heteroatoms. The number of aliphatic hydroxyl groups is 1. The maximum atomic E-state index is 13.4. The molecule has 2 N–H and O–H groups in total. The molecule has 3 rings (SSSR count). The number of nitrogens with zero attached hydrogens (tertiary/aromatic N) is 1. The highest BCUT2D eigenvalue weighted by molar-refractivity contribution is 5.83. The van der Waals surface area contributed by atoms with Crippen LogP contribution in [-0.2, 0) is 5.60 Å². The van der Waals surface area contributed by atoms with Crippen LogP contribution in [0.2, 0.25) is 0 Å². The van der Waals surface area contributed by atoms with Gasteiger partial charge < -0.3 is 10.4 Å². The molecule has 1 atom stereocenters. The van der Waals surface area contributed by atoms with E-state index in [4.69, 9.17) is 0 Å². The fourth-order valence-electron chi connectivity index (χ4n) is 3.24. The Bertz CT molecular complexity index is 782. The van der Waals surface area contributed by atoms with E-state index < -0.39 is 29.6 Å². The summed E-state index contributed by atoms with van der Waals surface area (Å²) in [6.45, 7) is 0.595. The quantitative estimate of drug-likeness (QED) is 0.764. The lowest BCUT2D eigenvalue weighted by molar-refractivity contribution is -0.375. The molecule has 1 aromatic heterocycles. The molecule has 2 aromatic rings. The number of alkyl halides is 6. The van der Waals surface area contributed by atoms with Gasteiger partial charge in [0.05, 0.1) is 11.2 Å². The number of halogens is 6. The van der Waals surface area contributed by atoms with E-state index in [2.05, 4.69) is 10.3 Å². The molecule has 0 spiro atoms. The molecule has 1 aliphatic rings. The van der Waals surface area contributed by atoms with Crippen molar-refractivity contribution < 1.29 is 31.4 Å². The molecule has 142 valence electrons. The summed E-state index contributed by atoms with van der Waals surface area (Å²) in [5.74, 6) is 0. The van der Waals surface area contributed by atoms with Gasteiger partial charge >= 0.3 is 12.4 Å². The first kappa shape index (κ1) is 18.9. The van der Waals surface area contributed by atoms with Gasteiger partial charge in [-0.15, -0.1) is 0 Å². The van der Waals surface area contributed by atoms with E-state index in [1.807, 2.05) is 0 Å². The number of hydrogen-bond acceptors (Lipinski definition) is 3. The fourth-order valence-corrected chi connectivity index (χ4v) is 3.24. The van der Waals surface area contributed by atoms with Crippen LogP contribution >= 0.6 is 0 Å². The third kappa shape index (κ3) is 3.03. The number of piperidine rings is 1. The minimum absolute atomic E-state index is 0.0284. The van der Waals surface area contributed by atoms with Gasteiger partial charge in [0.2, 0.25) is 0 Å².